The summed E-state index contributed by atoms with van der Waals surface area (Å²) >= 11 is 0. The Morgan fingerprint density at radius 2 is 2.11 bits per heavy atom. The van der Waals surface area contributed by atoms with E-state index in [9.17, 15) is 13.6 Å². The van der Waals surface area contributed by atoms with Crippen LogP contribution in [-0.4, -0.2) is 24.1 Å². The standard InChI is InChI=1S/C12H13F2N3O/c13-9-4-5-11(10(14)8-9)15-12(18)16-17-6-2-1-3-7-17/h1-2,4-5,8H,3,6-7H2,(H2,15,16,18). The van der Waals surface area contributed by atoms with Gasteiger partial charge in [-0.2, -0.15) is 0 Å². The molecule has 1 aliphatic rings. The summed E-state index contributed by atoms with van der Waals surface area (Å²) in [6.45, 7) is 1.31. The third kappa shape index (κ3) is 3.27. The second kappa shape index (κ2) is 5.59. The van der Waals surface area contributed by atoms with Gasteiger partial charge in [0.2, 0.25) is 0 Å². The minimum absolute atomic E-state index is 0.0542. The molecule has 0 saturated heterocycles. The van der Waals surface area contributed by atoms with Crippen molar-refractivity contribution in [2.45, 2.75) is 6.42 Å². The van der Waals surface area contributed by atoms with Crippen LogP contribution in [0.15, 0.2) is 30.4 Å². The summed E-state index contributed by atoms with van der Waals surface area (Å²) in [4.78, 5) is 11.6. The number of hydrogen-bond acceptors (Lipinski definition) is 2. The molecule has 0 radical (unpaired) electrons. The Morgan fingerprint density at radius 1 is 1.28 bits per heavy atom. The Hall–Kier alpha value is -1.95. The van der Waals surface area contributed by atoms with Crippen LogP contribution in [0.3, 0.4) is 0 Å². The van der Waals surface area contributed by atoms with Gasteiger partial charge in [0.25, 0.3) is 0 Å². The van der Waals surface area contributed by atoms with E-state index >= 15 is 0 Å². The third-order valence-electron chi connectivity index (χ3n) is 2.50. The fourth-order valence-corrected chi connectivity index (χ4v) is 1.63. The van der Waals surface area contributed by atoms with Crippen LogP contribution in [0.25, 0.3) is 0 Å². The molecule has 0 aromatic heterocycles. The fourth-order valence-electron chi connectivity index (χ4n) is 1.63. The lowest BCUT2D eigenvalue weighted by molar-refractivity contribution is 0.195. The summed E-state index contributed by atoms with van der Waals surface area (Å²) in [7, 11) is 0. The van der Waals surface area contributed by atoms with Crippen molar-refractivity contribution in [1.82, 2.24) is 10.4 Å². The second-order valence-electron chi connectivity index (χ2n) is 3.90. The topological polar surface area (TPSA) is 44.4 Å². The molecule has 0 unspecified atom stereocenters. The normalized spacial score (nSPS) is 15.4. The molecule has 0 atom stereocenters. The first kappa shape index (κ1) is 12.5. The minimum Gasteiger partial charge on any atom is -0.304 e. The monoisotopic (exact) mass is 253 g/mol. The number of anilines is 1. The van der Waals surface area contributed by atoms with Crippen molar-refractivity contribution in [2.75, 3.05) is 18.4 Å². The first-order valence-electron chi connectivity index (χ1n) is 5.58. The fraction of sp³-hybridized carbons (Fsp3) is 0.250. The summed E-state index contributed by atoms with van der Waals surface area (Å²) in [5, 5.41) is 4.03. The predicted octanol–water partition coefficient (Wildman–Crippen LogP) is 2.26. The highest BCUT2D eigenvalue weighted by Gasteiger charge is 2.11. The van der Waals surface area contributed by atoms with E-state index < -0.39 is 17.7 Å². The van der Waals surface area contributed by atoms with Crippen molar-refractivity contribution in [2.24, 2.45) is 0 Å². The molecule has 0 aliphatic carbocycles. The molecule has 0 spiro atoms. The summed E-state index contributed by atoms with van der Waals surface area (Å²) < 4.78 is 26.0. The number of nitrogens with zero attached hydrogens (tertiary/aromatic N) is 1. The molecular formula is C12H13F2N3O. The molecule has 18 heavy (non-hydrogen) atoms. The van der Waals surface area contributed by atoms with Crippen molar-refractivity contribution in [3.63, 3.8) is 0 Å². The first-order chi connectivity index (χ1) is 8.65. The van der Waals surface area contributed by atoms with Crippen molar-refractivity contribution >= 4 is 11.7 Å². The quantitative estimate of drug-likeness (QED) is 0.794. The summed E-state index contributed by atoms with van der Waals surface area (Å²) in [6.07, 6.45) is 4.81. The van der Waals surface area contributed by atoms with E-state index in [0.717, 1.165) is 18.6 Å². The van der Waals surface area contributed by atoms with Gasteiger partial charge in [0, 0.05) is 19.2 Å². The number of urea groups is 1. The number of benzene rings is 1. The molecule has 96 valence electrons. The van der Waals surface area contributed by atoms with Gasteiger partial charge in [0.05, 0.1) is 5.69 Å². The number of carbonyl (C=O) groups is 1. The smallest absolute Gasteiger partial charge is 0.304 e. The van der Waals surface area contributed by atoms with Gasteiger partial charge in [0.1, 0.15) is 11.6 Å². The van der Waals surface area contributed by atoms with Gasteiger partial charge in [-0.15, -0.1) is 0 Å². The molecule has 6 heteroatoms. The number of halogens is 2. The highest BCUT2D eigenvalue weighted by molar-refractivity contribution is 5.88. The van der Waals surface area contributed by atoms with Gasteiger partial charge in [0.15, 0.2) is 0 Å². The SMILES string of the molecule is O=C(Nc1ccc(F)cc1F)NN1CC=CCC1. The van der Waals surface area contributed by atoms with Crippen molar-refractivity contribution in [3.05, 3.63) is 42.0 Å². The first-order valence-corrected chi connectivity index (χ1v) is 5.58. The number of hydrogen-bond donors (Lipinski definition) is 2. The molecule has 1 aromatic carbocycles. The minimum atomic E-state index is -0.802. The number of nitrogens with one attached hydrogen (secondary N) is 2. The van der Waals surface area contributed by atoms with Gasteiger partial charge in [-0.1, -0.05) is 12.2 Å². The van der Waals surface area contributed by atoms with E-state index in [4.69, 9.17) is 0 Å². The number of amides is 2. The lowest BCUT2D eigenvalue weighted by Crippen LogP contribution is -2.45. The maximum atomic E-state index is 13.3. The number of hydrazine groups is 1. The van der Waals surface area contributed by atoms with Gasteiger partial charge in [-0.3, -0.25) is 5.43 Å². The van der Waals surface area contributed by atoms with Crippen molar-refractivity contribution in [3.8, 4) is 0 Å². The summed E-state index contributed by atoms with van der Waals surface area (Å²) in [5.41, 5.74) is 2.53. The van der Waals surface area contributed by atoms with Crippen molar-refractivity contribution in [1.29, 1.82) is 0 Å². The van der Waals surface area contributed by atoms with Crippen LogP contribution in [0.1, 0.15) is 6.42 Å². The molecule has 2 amide bonds. The van der Waals surface area contributed by atoms with E-state index in [0.29, 0.717) is 13.1 Å². The van der Waals surface area contributed by atoms with Crippen LogP contribution in [0, 0.1) is 11.6 Å². The van der Waals surface area contributed by atoms with Crippen molar-refractivity contribution < 1.29 is 13.6 Å². The Balaban J connectivity index is 1.92. The van der Waals surface area contributed by atoms with Crippen LogP contribution >= 0.6 is 0 Å². The van der Waals surface area contributed by atoms with Crippen LogP contribution in [0.2, 0.25) is 0 Å². The zero-order chi connectivity index (χ0) is 13.0. The molecule has 1 heterocycles. The zero-order valence-electron chi connectivity index (χ0n) is 9.62. The van der Waals surface area contributed by atoms with E-state index in [2.05, 4.69) is 10.7 Å². The maximum absolute atomic E-state index is 13.3. The molecule has 2 N–H and O–H groups in total. The molecule has 0 fully saturated rings. The summed E-state index contributed by atoms with van der Waals surface area (Å²) in [5.74, 6) is -1.48. The predicted molar refractivity (Wildman–Crippen MR) is 63.8 cm³/mol. The lowest BCUT2D eigenvalue weighted by Gasteiger charge is -2.23. The average molecular weight is 253 g/mol. The highest BCUT2D eigenvalue weighted by atomic mass is 19.1. The van der Waals surface area contributed by atoms with Gasteiger partial charge < -0.3 is 5.32 Å². The van der Waals surface area contributed by atoms with Gasteiger partial charge in [-0.05, 0) is 18.6 Å². The lowest BCUT2D eigenvalue weighted by atomic mass is 10.3. The molecule has 2 rings (SSSR count). The Morgan fingerprint density at radius 3 is 2.78 bits per heavy atom. The average Bonchev–Trinajstić information content (AvgIpc) is 2.34. The zero-order valence-corrected chi connectivity index (χ0v) is 9.62. The van der Waals surface area contributed by atoms with E-state index in [1.165, 1.54) is 6.07 Å². The maximum Gasteiger partial charge on any atom is 0.333 e. The largest absolute Gasteiger partial charge is 0.333 e. The molecule has 0 bridgehead atoms. The molecule has 4 nitrogen and oxygen atoms in total. The number of rotatable bonds is 2. The van der Waals surface area contributed by atoms with Crippen LogP contribution < -0.4 is 10.7 Å². The number of carbonyl (C=O) groups excluding carboxylic acids is 1. The van der Waals surface area contributed by atoms with Crippen LogP contribution in [0.5, 0.6) is 0 Å². The molecule has 1 aromatic rings. The Kier molecular flexibility index (Phi) is 3.88. The highest BCUT2D eigenvalue weighted by Crippen LogP contribution is 2.14. The van der Waals surface area contributed by atoms with E-state index in [-0.39, 0.29) is 5.69 Å². The Bertz CT molecular complexity index is 476. The molecule has 1 aliphatic heterocycles. The van der Waals surface area contributed by atoms with Gasteiger partial charge in [-0.25, -0.2) is 18.6 Å². The van der Waals surface area contributed by atoms with Crippen LogP contribution in [0.4, 0.5) is 19.3 Å². The van der Waals surface area contributed by atoms with Gasteiger partial charge >= 0.3 is 6.03 Å². The molecular weight excluding hydrogens is 240 g/mol. The van der Waals surface area contributed by atoms with E-state index in [1.807, 2.05) is 12.2 Å². The van der Waals surface area contributed by atoms with E-state index in [1.54, 1.807) is 5.01 Å². The second-order valence-corrected chi connectivity index (χ2v) is 3.90. The summed E-state index contributed by atoms with van der Waals surface area (Å²) in [6, 6.07) is 2.44. The Labute approximate surface area is 103 Å². The van der Waals surface area contributed by atoms with Crippen LogP contribution in [-0.2, 0) is 0 Å². The molecule has 0 saturated carbocycles. The third-order valence-corrected chi connectivity index (χ3v) is 2.50.